The zero-order valence-electron chi connectivity index (χ0n) is 10.5. The molecule has 1 N–H and O–H groups in total. The van der Waals surface area contributed by atoms with Crippen LogP contribution in [0.5, 0.6) is 0 Å². The number of benzene rings is 2. The van der Waals surface area contributed by atoms with Crippen LogP contribution < -0.4 is 5.32 Å². The van der Waals surface area contributed by atoms with E-state index in [4.69, 9.17) is 34.8 Å². The highest BCUT2D eigenvalue weighted by molar-refractivity contribution is 6.44. The fourth-order valence-electron chi connectivity index (χ4n) is 1.77. The molecule has 4 heteroatoms. The predicted molar refractivity (Wildman–Crippen MR) is 83.2 cm³/mol. The Morgan fingerprint density at radius 2 is 1.47 bits per heavy atom. The van der Waals surface area contributed by atoms with Crippen LogP contribution in [0.3, 0.4) is 0 Å². The fraction of sp³-hybridized carbons (Fsp3) is 0.200. The van der Waals surface area contributed by atoms with E-state index in [-0.39, 0.29) is 0 Å². The minimum Gasteiger partial charge on any atom is -0.309 e. The van der Waals surface area contributed by atoms with Gasteiger partial charge in [-0.25, -0.2) is 0 Å². The predicted octanol–water partition coefficient (Wildman–Crippen LogP) is 5.25. The molecule has 0 aliphatic heterocycles. The van der Waals surface area contributed by atoms with Gasteiger partial charge in [-0.15, -0.1) is 0 Å². The normalized spacial score (nSPS) is 10.7. The van der Waals surface area contributed by atoms with Gasteiger partial charge in [-0.05, 0) is 24.6 Å². The first-order valence-electron chi connectivity index (χ1n) is 5.96. The van der Waals surface area contributed by atoms with Crippen molar-refractivity contribution in [3.05, 3.63) is 68.2 Å². The fourth-order valence-corrected chi connectivity index (χ4v) is 2.45. The molecule has 100 valence electrons. The third kappa shape index (κ3) is 3.87. The van der Waals surface area contributed by atoms with E-state index in [9.17, 15) is 0 Å². The summed E-state index contributed by atoms with van der Waals surface area (Å²) in [5.74, 6) is 0. The second-order valence-electron chi connectivity index (χ2n) is 4.41. The van der Waals surface area contributed by atoms with E-state index in [1.54, 1.807) is 12.1 Å². The summed E-state index contributed by atoms with van der Waals surface area (Å²) in [7, 11) is 0. The van der Waals surface area contributed by atoms with Gasteiger partial charge in [0.1, 0.15) is 0 Å². The van der Waals surface area contributed by atoms with Crippen LogP contribution >= 0.6 is 34.8 Å². The first-order chi connectivity index (χ1) is 9.08. The number of nitrogens with one attached hydrogen (secondary N) is 1. The Bertz CT molecular complexity index is 564. The Morgan fingerprint density at radius 3 is 2.16 bits per heavy atom. The molecular weight excluding hydrogens is 301 g/mol. The molecule has 0 atom stereocenters. The summed E-state index contributed by atoms with van der Waals surface area (Å²) in [5, 5.41) is 4.99. The summed E-state index contributed by atoms with van der Waals surface area (Å²) < 4.78 is 0. The molecule has 0 unspecified atom stereocenters. The van der Waals surface area contributed by atoms with Crippen LogP contribution in [0.15, 0.2) is 36.4 Å². The Labute approximate surface area is 128 Å². The maximum absolute atomic E-state index is 6.14. The molecule has 0 fully saturated rings. The van der Waals surface area contributed by atoms with E-state index in [0.29, 0.717) is 21.6 Å². The lowest BCUT2D eigenvalue weighted by Gasteiger charge is -2.10. The van der Waals surface area contributed by atoms with Gasteiger partial charge in [-0.2, -0.15) is 0 Å². The van der Waals surface area contributed by atoms with E-state index in [1.165, 1.54) is 11.1 Å². The van der Waals surface area contributed by atoms with Crippen LogP contribution in [0, 0.1) is 6.92 Å². The third-order valence-electron chi connectivity index (χ3n) is 2.89. The Balaban J connectivity index is 2.00. The number of aryl methyl sites for hydroxylation is 1. The summed E-state index contributed by atoms with van der Waals surface area (Å²) in [6, 6.07) is 11.9. The van der Waals surface area contributed by atoms with Crippen LogP contribution in [-0.2, 0) is 13.1 Å². The van der Waals surface area contributed by atoms with Gasteiger partial charge in [-0.1, -0.05) is 64.6 Å². The average molecular weight is 315 g/mol. The van der Waals surface area contributed by atoms with Gasteiger partial charge in [-0.3, -0.25) is 0 Å². The second kappa shape index (κ2) is 6.62. The monoisotopic (exact) mass is 313 g/mol. The molecule has 0 aliphatic carbocycles. The number of hydrogen-bond acceptors (Lipinski definition) is 1. The first kappa shape index (κ1) is 14.7. The van der Waals surface area contributed by atoms with Crippen LogP contribution in [0.25, 0.3) is 0 Å². The first-order valence-corrected chi connectivity index (χ1v) is 7.10. The molecule has 0 radical (unpaired) electrons. The Morgan fingerprint density at radius 1 is 0.842 bits per heavy atom. The molecule has 1 nitrogen and oxygen atoms in total. The quantitative estimate of drug-likeness (QED) is 0.760. The SMILES string of the molecule is Cc1ccc(CNCc2c(Cl)ccc(Cl)c2Cl)cc1. The van der Waals surface area contributed by atoms with Crippen molar-refractivity contribution in [2.24, 2.45) is 0 Å². The molecule has 0 heterocycles. The molecule has 0 saturated carbocycles. The van der Waals surface area contributed by atoms with E-state index in [1.807, 2.05) is 0 Å². The molecule has 0 saturated heterocycles. The highest BCUT2D eigenvalue weighted by atomic mass is 35.5. The van der Waals surface area contributed by atoms with E-state index in [2.05, 4.69) is 36.5 Å². The minimum atomic E-state index is 0.519. The highest BCUT2D eigenvalue weighted by Gasteiger charge is 2.08. The summed E-state index contributed by atoms with van der Waals surface area (Å²) in [4.78, 5) is 0. The van der Waals surface area contributed by atoms with Crippen molar-refractivity contribution in [1.29, 1.82) is 0 Å². The number of hydrogen-bond donors (Lipinski definition) is 1. The van der Waals surface area contributed by atoms with Gasteiger partial charge >= 0.3 is 0 Å². The van der Waals surface area contributed by atoms with Gasteiger partial charge in [0.25, 0.3) is 0 Å². The van der Waals surface area contributed by atoms with Crippen molar-refractivity contribution in [3.8, 4) is 0 Å². The topological polar surface area (TPSA) is 12.0 Å². The third-order valence-corrected chi connectivity index (χ3v) is 4.09. The lowest BCUT2D eigenvalue weighted by atomic mass is 10.1. The highest BCUT2D eigenvalue weighted by Crippen LogP contribution is 2.31. The van der Waals surface area contributed by atoms with Crippen molar-refractivity contribution in [3.63, 3.8) is 0 Å². The smallest absolute Gasteiger partial charge is 0.0652 e. The molecule has 0 amide bonds. The largest absolute Gasteiger partial charge is 0.309 e. The van der Waals surface area contributed by atoms with Gasteiger partial charge in [0, 0.05) is 23.7 Å². The van der Waals surface area contributed by atoms with Crippen LogP contribution in [0.4, 0.5) is 0 Å². The van der Waals surface area contributed by atoms with Crippen LogP contribution in [0.1, 0.15) is 16.7 Å². The maximum Gasteiger partial charge on any atom is 0.0652 e. The van der Waals surface area contributed by atoms with Gasteiger partial charge in [0.2, 0.25) is 0 Å². The van der Waals surface area contributed by atoms with Crippen molar-refractivity contribution >= 4 is 34.8 Å². The second-order valence-corrected chi connectivity index (χ2v) is 5.60. The molecule has 0 spiro atoms. The minimum absolute atomic E-state index is 0.519. The zero-order chi connectivity index (χ0) is 13.8. The Hall–Kier alpha value is -0.730. The maximum atomic E-state index is 6.14. The lowest BCUT2D eigenvalue weighted by molar-refractivity contribution is 0.693. The summed E-state index contributed by atoms with van der Waals surface area (Å²) in [6.45, 7) is 3.42. The molecule has 2 aromatic rings. The van der Waals surface area contributed by atoms with Crippen molar-refractivity contribution < 1.29 is 0 Å². The number of rotatable bonds is 4. The number of halogens is 3. The van der Waals surface area contributed by atoms with Crippen molar-refractivity contribution in [1.82, 2.24) is 5.32 Å². The molecule has 2 aromatic carbocycles. The van der Waals surface area contributed by atoms with Gasteiger partial charge in [0.15, 0.2) is 0 Å². The summed E-state index contributed by atoms with van der Waals surface area (Å²) in [5.41, 5.74) is 3.31. The molecule has 0 bridgehead atoms. The Kier molecular flexibility index (Phi) is 5.12. The molecule has 0 aromatic heterocycles. The van der Waals surface area contributed by atoms with Gasteiger partial charge < -0.3 is 5.32 Å². The van der Waals surface area contributed by atoms with E-state index >= 15 is 0 Å². The van der Waals surface area contributed by atoms with Gasteiger partial charge in [0.05, 0.1) is 10.0 Å². The lowest BCUT2D eigenvalue weighted by Crippen LogP contribution is -2.13. The van der Waals surface area contributed by atoms with Crippen molar-refractivity contribution in [2.45, 2.75) is 20.0 Å². The molecule has 2 rings (SSSR count). The summed E-state index contributed by atoms with van der Waals surface area (Å²) >= 11 is 18.2. The summed E-state index contributed by atoms with van der Waals surface area (Å²) in [6.07, 6.45) is 0. The van der Waals surface area contributed by atoms with Crippen LogP contribution in [-0.4, -0.2) is 0 Å². The average Bonchev–Trinajstić information content (AvgIpc) is 2.40. The zero-order valence-corrected chi connectivity index (χ0v) is 12.8. The standard InChI is InChI=1S/C15H14Cl3N/c1-10-2-4-11(5-3-10)8-19-9-12-13(16)6-7-14(17)15(12)18/h2-7,19H,8-9H2,1H3. The van der Waals surface area contributed by atoms with E-state index < -0.39 is 0 Å². The van der Waals surface area contributed by atoms with Crippen molar-refractivity contribution in [2.75, 3.05) is 0 Å². The molecular formula is C15H14Cl3N. The van der Waals surface area contributed by atoms with Crippen LogP contribution in [0.2, 0.25) is 15.1 Å². The molecule has 0 aliphatic rings. The van der Waals surface area contributed by atoms with E-state index in [0.717, 1.165) is 12.1 Å². The molecule has 19 heavy (non-hydrogen) atoms.